The average molecular weight is 291 g/mol. The van der Waals surface area contributed by atoms with E-state index in [1.807, 2.05) is 24.1 Å². The predicted octanol–water partition coefficient (Wildman–Crippen LogP) is 0.838. The molecule has 6 nitrogen and oxygen atoms in total. The van der Waals surface area contributed by atoms with E-state index in [1.165, 1.54) is 18.4 Å². The number of nitrogens with one attached hydrogen (secondary N) is 2. The number of aliphatic imine (C=N–C) groups is 1. The normalized spacial score (nSPS) is 28.1. The molecule has 2 bridgehead atoms. The van der Waals surface area contributed by atoms with Crippen molar-refractivity contribution in [2.24, 2.45) is 12.0 Å². The van der Waals surface area contributed by atoms with Crippen LogP contribution in [0, 0.1) is 0 Å². The summed E-state index contributed by atoms with van der Waals surface area (Å²) in [5.41, 5.74) is 1.22. The fourth-order valence-corrected chi connectivity index (χ4v) is 3.18. The Morgan fingerprint density at radius 1 is 1.52 bits per heavy atom. The minimum atomic E-state index is 0.372. The average Bonchev–Trinajstić information content (AvgIpc) is 3.16. The molecule has 116 valence electrons. The molecule has 0 radical (unpaired) electrons. The Hall–Kier alpha value is -1.56. The smallest absolute Gasteiger partial charge is 0.191 e. The second-order valence-corrected chi connectivity index (χ2v) is 5.89. The van der Waals surface area contributed by atoms with Gasteiger partial charge in [-0.1, -0.05) is 0 Å². The molecule has 1 aromatic rings. The Labute approximate surface area is 126 Å². The highest BCUT2D eigenvalue weighted by molar-refractivity contribution is 5.80. The third-order valence-corrected chi connectivity index (χ3v) is 4.20. The van der Waals surface area contributed by atoms with Crippen LogP contribution in [0.3, 0.4) is 0 Å². The zero-order valence-electron chi connectivity index (χ0n) is 12.9. The van der Waals surface area contributed by atoms with Crippen LogP contribution in [0.2, 0.25) is 0 Å². The number of ether oxygens (including phenoxy) is 1. The van der Waals surface area contributed by atoms with Crippen LogP contribution in [0.4, 0.5) is 0 Å². The van der Waals surface area contributed by atoms with Gasteiger partial charge in [-0.15, -0.1) is 0 Å². The largest absolute Gasteiger partial charge is 0.373 e. The van der Waals surface area contributed by atoms with Gasteiger partial charge in [0.25, 0.3) is 0 Å². The number of hydrogen-bond acceptors (Lipinski definition) is 3. The lowest BCUT2D eigenvalue weighted by Crippen LogP contribution is -2.47. The fraction of sp³-hybridized carbons (Fsp3) is 0.733. The highest BCUT2D eigenvalue weighted by atomic mass is 16.5. The van der Waals surface area contributed by atoms with Crippen LogP contribution in [-0.4, -0.2) is 47.1 Å². The fourth-order valence-electron chi connectivity index (χ4n) is 3.18. The summed E-state index contributed by atoms with van der Waals surface area (Å²) < 4.78 is 7.71. The van der Waals surface area contributed by atoms with Gasteiger partial charge in [-0.2, -0.15) is 5.10 Å². The van der Waals surface area contributed by atoms with Gasteiger partial charge in [0.05, 0.1) is 24.4 Å². The van der Waals surface area contributed by atoms with Gasteiger partial charge in [0.2, 0.25) is 0 Å². The number of rotatable bonds is 5. The molecule has 0 amide bonds. The molecule has 3 rings (SSSR count). The number of fused-ring (bicyclic) bond motifs is 2. The molecular weight excluding hydrogens is 266 g/mol. The maximum absolute atomic E-state index is 5.88. The van der Waals surface area contributed by atoms with Crippen molar-refractivity contribution < 1.29 is 4.74 Å². The molecule has 2 aliphatic rings. The summed E-state index contributed by atoms with van der Waals surface area (Å²) in [6.45, 7) is 3.73. The van der Waals surface area contributed by atoms with Crippen LogP contribution in [-0.2, 0) is 18.2 Å². The molecule has 6 heteroatoms. The van der Waals surface area contributed by atoms with Gasteiger partial charge in [-0.3, -0.25) is 9.67 Å². The van der Waals surface area contributed by atoms with E-state index in [1.54, 1.807) is 0 Å². The number of aryl methyl sites for hydroxylation is 1. The van der Waals surface area contributed by atoms with E-state index >= 15 is 0 Å². The first-order chi connectivity index (χ1) is 10.2. The first-order valence-electron chi connectivity index (χ1n) is 7.92. The summed E-state index contributed by atoms with van der Waals surface area (Å²) >= 11 is 0. The SMILES string of the molecule is CCNC(=NCCc1cnn(C)c1)NC1CC2CCC1O2. The molecule has 0 aromatic carbocycles. The van der Waals surface area contributed by atoms with Crippen LogP contribution in [0.1, 0.15) is 31.7 Å². The first-order valence-corrected chi connectivity index (χ1v) is 7.92. The monoisotopic (exact) mass is 291 g/mol. The Balaban J connectivity index is 1.52. The van der Waals surface area contributed by atoms with Crippen molar-refractivity contribution in [3.63, 3.8) is 0 Å². The molecule has 2 aliphatic heterocycles. The molecule has 3 heterocycles. The van der Waals surface area contributed by atoms with Gasteiger partial charge in [-0.05, 0) is 38.2 Å². The molecule has 0 saturated carbocycles. The van der Waals surface area contributed by atoms with Gasteiger partial charge < -0.3 is 15.4 Å². The lowest BCUT2D eigenvalue weighted by molar-refractivity contribution is 0.0992. The van der Waals surface area contributed by atoms with Gasteiger partial charge in [0.15, 0.2) is 5.96 Å². The zero-order chi connectivity index (χ0) is 14.7. The van der Waals surface area contributed by atoms with Crippen molar-refractivity contribution >= 4 is 5.96 Å². The van der Waals surface area contributed by atoms with Crippen molar-refractivity contribution in [3.8, 4) is 0 Å². The summed E-state index contributed by atoms with van der Waals surface area (Å²) in [6, 6.07) is 0.417. The quantitative estimate of drug-likeness (QED) is 0.623. The highest BCUT2D eigenvalue weighted by Gasteiger charge is 2.41. The van der Waals surface area contributed by atoms with Crippen molar-refractivity contribution in [3.05, 3.63) is 18.0 Å². The van der Waals surface area contributed by atoms with E-state index in [9.17, 15) is 0 Å². The molecular formula is C15H25N5O. The van der Waals surface area contributed by atoms with Gasteiger partial charge >= 0.3 is 0 Å². The summed E-state index contributed by atoms with van der Waals surface area (Å²) in [6.07, 6.45) is 9.20. The summed E-state index contributed by atoms with van der Waals surface area (Å²) in [7, 11) is 1.94. The first kappa shape index (κ1) is 14.4. The lowest BCUT2D eigenvalue weighted by Gasteiger charge is -2.22. The Kier molecular flexibility index (Phi) is 4.43. The van der Waals surface area contributed by atoms with E-state index < -0.39 is 0 Å². The molecule has 3 unspecified atom stereocenters. The van der Waals surface area contributed by atoms with Crippen molar-refractivity contribution in [1.29, 1.82) is 0 Å². The Bertz CT molecular complexity index is 498. The van der Waals surface area contributed by atoms with E-state index in [0.717, 1.165) is 31.9 Å². The van der Waals surface area contributed by atoms with Crippen LogP contribution >= 0.6 is 0 Å². The minimum Gasteiger partial charge on any atom is -0.373 e. The van der Waals surface area contributed by atoms with Crippen molar-refractivity contribution in [1.82, 2.24) is 20.4 Å². The third kappa shape index (κ3) is 3.56. The number of hydrogen-bond donors (Lipinski definition) is 2. The molecule has 0 aliphatic carbocycles. The maximum atomic E-state index is 5.88. The highest BCUT2D eigenvalue weighted by Crippen LogP contribution is 2.34. The summed E-state index contributed by atoms with van der Waals surface area (Å²) in [5, 5.41) is 11.0. The van der Waals surface area contributed by atoms with Crippen LogP contribution < -0.4 is 10.6 Å². The van der Waals surface area contributed by atoms with Gasteiger partial charge in [-0.25, -0.2) is 0 Å². The van der Waals surface area contributed by atoms with E-state index in [4.69, 9.17) is 4.74 Å². The van der Waals surface area contributed by atoms with Crippen LogP contribution in [0.25, 0.3) is 0 Å². The molecule has 21 heavy (non-hydrogen) atoms. The molecule has 0 spiro atoms. The van der Waals surface area contributed by atoms with Crippen LogP contribution in [0.5, 0.6) is 0 Å². The zero-order valence-corrected chi connectivity index (χ0v) is 12.9. The summed E-state index contributed by atoms with van der Waals surface area (Å²) in [5.74, 6) is 0.905. The molecule has 3 atom stereocenters. The molecule has 1 aromatic heterocycles. The van der Waals surface area contributed by atoms with E-state index in [2.05, 4.69) is 27.6 Å². The minimum absolute atomic E-state index is 0.372. The standard InChI is InChI=1S/C15H25N5O/c1-3-16-15(17-7-6-11-9-18-20(2)10-11)19-13-8-12-4-5-14(13)21-12/h9-10,12-14H,3-8H2,1-2H3,(H2,16,17,19). The van der Waals surface area contributed by atoms with E-state index in [0.29, 0.717) is 18.2 Å². The van der Waals surface area contributed by atoms with Crippen molar-refractivity contribution in [2.75, 3.05) is 13.1 Å². The Morgan fingerprint density at radius 2 is 2.43 bits per heavy atom. The number of aromatic nitrogens is 2. The second-order valence-electron chi connectivity index (χ2n) is 5.89. The van der Waals surface area contributed by atoms with E-state index in [-0.39, 0.29) is 0 Å². The third-order valence-electron chi connectivity index (χ3n) is 4.20. The van der Waals surface area contributed by atoms with Crippen molar-refractivity contribution in [2.45, 2.75) is 50.9 Å². The van der Waals surface area contributed by atoms with Crippen LogP contribution in [0.15, 0.2) is 17.4 Å². The molecule has 2 fully saturated rings. The number of nitrogens with zero attached hydrogens (tertiary/aromatic N) is 3. The van der Waals surface area contributed by atoms with Gasteiger partial charge in [0, 0.05) is 26.3 Å². The molecule has 2 N–H and O–H groups in total. The summed E-state index contributed by atoms with van der Waals surface area (Å²) in [4.78, 5) is 4.67. The Morgan fingerprint density at radius 3 is 3.05 bits per heavy atom. The molecule has 2 saturated heterocycles. The number of guanidine groups is 1. The van der Waals surface area contributed by atoms with Gasteiger partial charge in [0.1, 0.15) is 0 Å². The predicted molar refractivity (Wildman–Crippen MR) is 82.3 cm³/mol. The topological polar surface area (TPSA) is 63.5 Å². The second kappa shape index (κ2) is 6.47. The lowest BCUT2D eigenvalue weighted by atomic mass is 9.96. The maximum Gasteiger partial charge on any atom is 0.191 e.